The van der Waals surface area contributed by atoms with E-state index in [1.807, 2.05) is 52.0 Å². The van der Waals surface area contributed by atoms with Crippen LogP contribution in [-0.2, 0) is 20.8 Å². The zero-order chi connectivity index (χ0) is 25.0. The first-order valence-electron chi connectivity index (χ1n) is 11.9. The first-order valence-corrected chi connectivity index (χ1v) is 12.2. The molecular formula is C28H35ClN2O3. The van der Waals surface area contributed by atoms with E-state index in [0.717, 1.165) is 45.5 Å². The molecule has 2 heterocycles. The summed E-state index contributed by atoms with van der Waals surface area (Å²) in [5.74, 6) is -0.436. The van der Waals surface area contributed by atoms with Crippen molar-refractivity contribution in [3.05, 3.63) is 51.8 Å². The molecule has 5 nitrogen and oxygen atoms in total. The van der Waals surface area contributed by atoms with Crippen LogP contribution in [0.5, 0.6) is 0 Å². The third-order valence-corrected chi connectivity index (χ3v) is 7.16. The van der Waals surface area contributed by atoms with Crippen LogP contribution < -0.4 is 0 Å². The molecule has 0 aliphatic heterocycles. The average molecular weight is 483 g/mol. The predicted octanol–water partition coefficient (Wildman–Crippen LogP) is 7.11. The van der Waals surface area contributed by atoms with Crippen LogP contribution in [0.2, 0.25) is 5.02 Å². The Bertz CT molecular complexity index is 1250. The number of aryl methyl sites for hydroxylation is 2. The zero-order valence-corrected chi connectivity index (χ0v) is 22.3. The number of esters is 1. The van der Waals surface area contributed by atoms with Crippen LogP contribution >= 0.6 is 11.6 Å². The highest BCUT2D eigenvalue weighted by Gasteiger charge is 2.39. The zero-order valence-electron chi connectivity index (χ0n) is 21.5. The smallest absolute Gasteiger partial charge is 0.339 e. The lowest BCUT2D eigenvalue weighted by Crippen LogP contribution is -2.29. The second kappa shape index (κ2) is 8.69. The van der Waals surface area contributed by atoms with Gasteiger partial charge in [0, 0.05) is 39.5 Å². The number of fused-ring (bicyclic) bond motifs is 1. The highest BCUT2D eigenvalue weighted by molar-refractivity contribution is 6.30. The summed E-state index contributed by atoms with van der Waals surface area (Å²) in [5.41, 5.74) is 6.51. The molecule has 1 fully saturated rings. The summed E-state index contributed by atoms with van der Waals surface area (Å²) in [6.07, 6.45) is 1.56. The molecule has 1 saturated carbocycles. The van der Waals surface area contributed by atoms with Crippen LogP contribution in [0.3, 0.4) is 0 Å². The van der Waals surface area contributed by atoms with Gasteiger partial charge in [0.2, 0.25) is 0 Å². The third kappa shape index (κ3) is 4.60. The van der Waals surface area contributed by atoms with E-state index in [-0.39, 0.29) is 0 Å². The molecule has 1 aliphatic rings. The summed E-state index contributed by atoms with van der Waals surface area (Å²) in [7, 11) is 1.40. The van der Waals surface area contributed by atoms with E-state index >= 15 is 0 Å². The largest absolute Gasteiger partial charge is 0.467 e. The number of nitrogens with zero attached hydrogens (tertiary/aromatic N) is 2. The SMILES string of the molecule is COC(=O)[C@@H](OC(C)(C)C)c1c(C)nc2c(c(C)c(C)n2CC2(C)CC2)c1-c1ccc(Cl)cc1. The quantitative estimate of drug-likeness (QED) is 0.351. The third-order valence-electron chi connectivity index (χ3n) is 6.91. The summed E-state index contributed by atoms with van der Waals surface area (Å²) < 4.78 is 13.9. The van der Waals surface area contributed by atoms with Crippen LogP contribution in [0.15, 0.2) is 24.3 Å². The van der Waals surface area contributed by atoms with Gasteiger partial charge < -0.3 is 14.0 Å². The number of carbonyl (C=O) groups excluding carboxylic acids is 1. The molecule has 182 valence electrons. The van der Waals surface area contributed by atoms with Crippen LogP contribution in [0.25, 0.3) is 22.2 Å². The number of halogens is 1. The molecule has 0 amide bonds. The molecule has 0 bridgehead atoms. The number of aromatic nitrogens is 2. The molecule has 3 aromatic rings. The van der Waals surface area contributed by atoms with Gasteiger partial charge in [0.05, 0.1) is 12.7 Å². The summed E-state index contributed by atoms with van der Waals surface area (Å²) in [5, 5.41) is 1.71. The van der Waals surface area contributed by atoms with Gasteiger partial charge in [-0.3, -0.25) is 0 Å². The summed E-state index contributed by atoms with van der Waals surface area (Å²) >= 11 is 6.24. The van der Waals surface area contributed by atoms with Crippen molar-refractivity contribution in [2.24, 2.45) is 5.41 Å². The van der Waals surface area contributed by atoms with Crippen molar-refractivity contribution in [2.45, 2.75) is 79.6 Å². The van der Waals surface area contributed by atoms with E-state index in [4.69, 9.17) is 26.1 Å². The number of rotatable bonds is 6. The average Bonchev–Trinajstić information content (AvgIpc) is 3.45. The summed E-state index contributed by atoms with van der Waals surface area (Å²) in [6, 6.07) is 7.76. The standard InChI is InChI=1S/C28H35ClN2O3/c1-16-18(3)31(15-28(7)13-14-28)25-21(16)23(19-9-11-20(29)12-10-19)22(17(2)30-25)24(26(32)33-8)34-27(4,5)6/h9-12,24H,13-15H2,1-8H3/t24-/m0/s1. The van der Waals surface area contributed by atoms with Gasteiger partial charge in [0.15, 0.2) is 6.10 Å². The van der Waals surface area contributed by atoms with Gasteiger partial charge in [-0.2, -0.15) is 0 Å². The number of hydrogen-bond donors (Lipinski definition) is 0. The Labute approximate surface area is 207 Å². The topological polar surface area (TPSA) is 53.4 Å². The van der Waals surface area contributed by atoms with Crippen LogP contribution in [0.1, 0.15) is 69.2 Å². The fourth-order valence-electron chi connectivity index (χ4n) is 4.66. The minimum Gasteiger partial charge on any atom is -0.467 e. The molecule has 1 aliphatic carbocycles. The molecule has 6 heteroatoms. The Morgan fingerprint density at radius 2 is 1.79 bits per heavy atom. The van der Waals surface area contributed by atoms with Crippen molar-refractivity contribution >= 4 is 28.6 Å². The van der Waals surface area contributed by atoms with Crippen molar-refractivity contribution in [3.8, 4) is 11.1 Å². The minimum absolute atomic E-state index is 0.321. The Balaban J connectivity index is 2.08. The maximum atomic E-state index is 13.1. The van der Waals surface area contributed by atoms with E-state index in [1.54, 1.807) is 0 Å². The van der Waals surface area contributed by atoms with Gasteiger partial charge in [-0.1, -0.05) is 30.7 Å². The highest BCUT2D eigenvalue weighted by atomic mass is 35.5. The van der Waals surface area contributed by atoms with Gasteiger partial charge >= 0.3 is 5.97 Å². The lowest BCUT2D eigenvalue weighted by Gasteiger charge is -2.29. The summed E-state index contributed by atoms with van der Waals surface area (Å²) in [6.45, 7) is 15.3. The van der Waals surface area contributed by atoms with Gasteiger partial charge in [-0.25, -0.2) is 9.78 Å². The molecule has 0 saturated heterocycles. The van der Waals surface area contributed by atoms with Crippen molar-refractivity contribution in [2.75, 3.05) is 7.11 Å². The van der Waals surface area contributed by atoms with Crippen LogP contribution in [0, 0.1) is 26.2 Å². The molecule has 4 rings (SSSR count). The summed E-state index contributed by atoms with van der Waals surface area (Å²) in [4.78, 5) is 18.2. The lowest BCUT2D eigenvalue weighted by molar-refractivity contribution is -0.164. The number of carbonyl (C=O) groups is 1. The minimum atomic E-state index is -0.906. The molecule has 1 atom stereocenters. The number of pyridine rings is 1. The second-order valence-electron chi connectivity index (χ2n) is 10.9. The first kappa shape index (κ1) is 24.7. The van der Waals surface area contributed by atoms with Crippen LogP contribution in [-0.4, -0.2) is 28.2 Å². The van der Waals surface area contributed by atoms with Crippen molar-refractivity contribution in [3.63, 3.8) is 0 Å². The first-order chi connectivity index (χ1) is 15.8. The second-order valence-corrected chi connectivity index (χ2v) is 11.4. The van der Waals surface area contributed by atoms with Gasteiger partial charge in [-0.15, -0.1) is 0 Å². The Hall–Kier alpha value is -2.37. The Kier molecular flexibility index (Phi) is 6.32. The molecule has 0 N–H and O–H groups in total. The van der Waals surface area contributed by atoms with Gasteiger partial charge in [0.25, 0.3) is 0 Å². The van der Waals surface area contributed by atoms with Crippen molar-refractivity contribution in [1.29, 1.82) is 0 Å². The fraction of sp³-hybridized carbons (Fsp3) is 0.500. The molecule has 1 aromatic carbocycles. The highest BCUT2D eigenvalue weighted by Crippen LogP contribution is 2.48. The maximum Gasteiger partial charge on any atom is 0.339 e. The van der Waals surface area contributed by atoms with E-state index in [9.17, 15) is 4.79 Å². The van der Waals surface area contributed by atoms with Gasteiger partial charge in [0.1, 0.15) is 5.65 Å². The fourth-order valence-corrected chi connectivity index (χ4v) is 4.79. The Morgan fingerprint density at radius 3 is 2.32 bits per heavy atom. The number of benzene rings is 1. The van der Waals surface area contributed by atoms with E-state index < -0.39 is 17.7 Å². The monoisotopic (exact) mass is 482 g/mol. The molecular weight excluding hydrogens is 448 g/mol. The van der Waals surface area contributed by atoms with Crippen LogP contribution in [0.4, 0.5) is 0 Å². The maximum absolute atomic E-state index is 13.1. The molecule has 0 spiro atoms. The van der Waals surface area contributed by atoms with Crippen molar-refractivity contribution < 1.29 is 14.3 Å². The van der Waals surface area contributed by atoms with E-state index in [1.165, 1.54) is 25.6 Å². The normalized spacial score (nSPS) is 16.0. The number of methoxy groups -OCH3 is 1. The molecule has 0 unspecified atom stereocenters. The lowest BCUT2D eigenvalue weighted by atomic mass is 9.91. The number of hydrogen-bond acceptors (Lipinski definition) is 4. The van der Waals surface area contributed by atoms with Gasteiger partial charge in [-0.05, 0) is 83.1 Å². The molecule has 2 aromatic heterocycles. The Morgan fingerprint density at radius 1 is 1.18 bits per heavy atom. The predicted molar refractivity (Wildman–Crippen MR) is 137 cm³/mol. The molecule has 34 heavy (non-hydrogen) atoms. The van der Waals surface area contributed by atoms with E-state index in [0.29, 0.717) is 10.4 Å². The van der Waals surface area contributed by atoms with E-state index in [2.05, 4.69) is 25.3 Å². The molecule has 0 radical (unpaired) electrons. The number of ether oxygens (including phenoxy) is 2. The van der Waals surface area contributed by atoms with Crippen molar-refractivity contribution in [1.82, 2.24) is 9.55 Å².